The number of hydrogen-bond donors (Lipinski definition) is 4. The number of carbonyl (C=O) groups excluding carboxylic acids is 1. The molecule has 0 saturated heterocycles. The summed E-state index contributed by atoms with van der Waals surface area (Å²) in [6.45, 7) is 14.1. The minimum atomic E-state index is -1.19. The molecule has 0 rings (SSSR count). The first-order valence-electron chi connectivity index (χ1n) is 9.61. The van der Waals surface area contributed by atoms with E-state index in [-0.39, 0.29) is 27.3 Å². The molecule has 0 radical (unpaired) electrons. The van der Waals surface area contributed by atoms with E-state index < -0.39 is 5.97 Å². The molecule has 0 unspecified atom stereocenters. The summed E-state index contributed by atoms with van der Waals surface area (Å²) >= 11 is 0. The minimum absolute atomic E-state index is 0. The summed E-state index contributed by atoms with van der Waals surface area (Å²) in [7, 11) is 0. The molecule has 0 aliphatic rings. The Morgan fingerprint density at radius 2 is 0.852 bits per heavy atom. The Labute approximate surface area is 182 Å². The van der Waals surface area contributed by atoms with Crippen LogP contribution in [0.3, 0.4) is 0 Å². The molecule has 0 fully saturated rings. The van der Waals surface area contributed by atoms with Gasteiger partial charge in [-0.2, -0.15) is 0 Å². The fraction of sp³-hybridized carbons (Fsp3) is 0.850. The van der Waals surface area contributed by atoms with Crippen LogP contribution in [0.25, 0.3) is 0 Å². The number of rotatable bonds is 9. The second-order valence-electron chi connectivity index (χ2n) is 5.38. The Balaban J connectivity index is -0.0000000507. The number of unbranched alkanes of at least 4 members (excludes halogenated alkanes) is 4. The van der Waals surface area contributed by atoms with Crippen LogP contribution < -0.4 is 5.11 Å². The van der Waals surface area contributed by atoms with Crippen molar-refractivity contribution in [3.8, 4) is 0 Å². The fourth-order valence-electron chi connectivity index (χ4n) is 0.632. The van der Waals surface area contributed by atoms with Gasteiger partial charge in [-0.1, -0.05) is 60.0 Å². The molecule has 0 aromatic heterocycles. The number of carboxylic acid groups (broad SMARTS) is 1. The molecule has 0 aliphatic heterocycles. The molecule has 0 aliphatic carbocycles. The predicted molar refractivity (Wildman–Crippen MR) is 108 cm³/mol. The molecule has 0 aromatic rings. The molecule has 0 amide bonds. The van der Waals surface area contributed by atoms with Crippen molar-refractivity contribution in [1.82, 2.24) is 0 Å². The largest absolute Gasteiger partial charge is 0.545 e. The average molecular weight is 429 g/mol. The molecule has 0 spiro atoms. The smallest absolute Gasteiger partial charge is 0.0666 e. The van der Waals surface area contributed by atoms with Crippen molar-refractivity contribution in [2.24, 2.45) is 0 Å². The quantitative estimate of drug-likeness (QED) is 0.330. The maximum Gasteiger partial charge on any atom is 0.0666 e. The van der Waals surface area contributed by atoms with Gasteiger partial charge in [0.2, 0.25) is 0 Å². The van der Waals surface area contributed by atoms with Crippen LogP contribution >= 0.6 is 0 Å². The Morgan fingerprint density at radius 3 is 0.852 bits per heavy atom. The maximum absolute atomic E-state index is 9.49. The summed E-state index contributed by atoms with van der Waals surface area (Å²) in [4.78, 5) is 9.49. The van der Waals surface area contributed by atoms with Crippen molar-refractivity contribution >= 4 is 5.97 Å². The van der Waals surface area contributed by atoms with Crippen LogP contribution in [0.1, 0.15) is 86.0 Å². The van der Waals surface area contributed by atoms with Gasteiger partial charge in [0.25, 0.3) is 0 Å². The SMILES string of the molecule is C=C(C)C(=O)[O-].CCCCO.CCCCO.CCCCO.CCCCO.[Ti]. The van der Waals surface area contributed by atoms with Gasteiger partial charge in [0.1, 0.15) is 0 Å². The van der Waals surface area contributed by atoms with E-state index in [1.165, 1.54) is 6.92 Å². The molecule has 166 valence electrons. The first-order chi connectivity index (χ1) is 12.3. The van der Waals surface area contributed by atoms with Gasteiger partial charge in [-0.25, -0.2) is 0 Å². The summed E-state index contributed by atoms with van der Waals surface area (Å²) in [5.74, 6) is -1.19. The normalized spacial score (nSPS) is 7.89. The van der Waals surface area contributed by atoms with E-state index in [0.717, 1.165) is 51.4 Å². The van der Waals surface area contributed by atoms with Gasteiger partial charge in [0.05, 0.1) is 5.97 Å². The summed E-state index contributed by atoms with van der Waals surface area (Å²) < 4.78 is 0. The van der Waals surface area contributed by atoms with Crippen LogP contribution in [0.4, 0.5) is 0 Å². The second-order valence-corrected chi connectivity index (χ2v) is 5.38. The third-order valence-corrected chi connectivity index (χ3v) is 2.40. The van der Waals surface area contributed by atoms with Gasteiger partial charge < -0.3 is 30.3 Å². The molecular weight excluding hydrogens is 384 g/mol. The summed E-state index contributed by atoms with van der Waals surface area (Å²) in [6.07, 6.45) is 8.15. The van der Waals surface area contributed by atoms with Crippen molar-refractivity contribution < 1.29 is 52.0 Å². The Morgan fingerprint density at radius 1 is 0.704 bits per heavy atom. The van der Waals surface area contributed by atoms with Crippen molar-refractivity contribution in [3.05, 3.63) is 12.2 Å². The van der Waals surface area contributed by atoms with Crippen molar-refractivity contribution in [2.75, 3.05) is 26.4 Å². The van der Waals surface area contributed by atoms with Crippen LogP contribution in [0.2, 0.25) is 0 Å². The van der Waals surface area contributed by atoms with Crippen LogP contribution in [0, 0.1) is 0 Å². The summed E-state index contributed by atoms with van der Waals surface area (Å²) in [6, 6.07) is 0. The molecule has 0 heterocycles. The molecule has 0 atom stereocenters. The van der Waals surface area contributed by atoms with Gasteiger partial charge in [-0.3, -0.25) is 0 Å². The predicted octanol–water partition coefficient (Wildman–Crippen LogP) is 2.43. The molecular formula is C20H45O6Ti-. The van der Waals surface area contributed by atoms with E-state index in [2.05, 4.69) is 34.3 Å². The standard InChI is InChI=1S/C4H6O2.4C4H10O.Ti/c1-3(2)4(5)6;4*1-2-3-4-5;/h1H2,2H3,(H,5,6);4*5H,2-4H2,1H3;/p-1. The zero-order chi connectivity index (χ0) is 21.6. The molecule has 0 aromatic carbocycles. The number of aliphatic hydroxyl groups is 4. The van der Waals surface area contributed by atoms with Gasteiger partial charge in [-0.05, 0) is 38.2 Å². The Bertz CT molecular complexity index is 195. The topological polar surface area (TPSA) is 121 Å². The molecule has 4 N–H and O–H groups in total. The van der Waals surface area contributed by atoms with E-state index in [9.17, 15) is 9.90 Å². The fourth-order valence-corrected chi connectivity index (χ4v) is 0.632. The van der Waals surface area contributed by atoms with Gasteiger partial charge in [0, 0.05) is 48.1 Å². The Kier molecular flexibility index (Phi) is 76.4. The maximum atomic E-state index is 9.49. The number of aliphatic carboxylic acids is 1. The minimum Gasteiger partial charge on any atom is -0.545 e. The van der Waals surface area contributed by atoms with E-state index >= 15 is 0 Å². The number of carboxylic acids is 1. The number of carbonyl (C=O) groups is 1. The number of hydrogen-bond acceptors (Lipinski definition) is 6. The van der Waals surface area contributed by atoms with Crippen LogP contribution in [0.5, 0.6) is 0 Å². The molecule has 6 nitrogen and oxygen atoms in total. The molecule has 7 heteroatoms. The third kappa shape index (κ3) is 105. The van der Waals surface area contributed by atoms with Crippen molar-refractivity contribution in [3.63, 3.8) is 0 Å². The molecule has 0 saturated carbocycles. The van der Waals surface area contributed by atoms with E-state index in [4.69, 9.17) is 20.4 Å². The van der Waals surface area contributed by atoms with Crippen molar-refractivity contribution in [2.45, 2.75) is 86.0 Å². The van der Waals surface area contributed by atoms with Crippen LogP contribution in [0.15, 0.2) is 12.2 Å². The first-order valence-corrected chi connectivity index (χ1v) is 9.61. The van der Waals surface area contributed by atoms with Gasteiger partial charge in [-0.15, -0.1) is 0 Å². The first kappa shape index (κ1) is 41.2. The van der Waals surface area contributed by atoms with E-state index in [1.54, 1.807) is 0 Å². The van der Waals surface area contributed by atoms with Gasteiger partial charge in [0.15, 0.2) is 0 Å². The Hall–Kier alpha value is -0.236. The molecule has 27 heavy (non-hydrogen) atoms. The van der Waals surface area contributed by atoms with E-state index in [1.807, 2.05) is 0 Å². The zero-order valence-electron chi connectivity index (χ0n) is 18.3. The number of aliphatic hydroxyl groups excluding tert-OH is 4. The summed E-state index contributed by atoms with van der Waals surface area (Å²) in [5, 5.41) is 41.8. The second kappa shape index (κ2) is 50.1. The molecule has 0 bridgehead atoms. The van der Waals surface area contributed by atoms with Gasteiger partial charge >= 0.3 is 0 Å². The van der Waals surface area contributed by atoms with E-state index in [0.29, 0.717) is 26.4 Å². The monoisotopic (exact) mass is 429 g/mol. The zero-order valence-corrected chi connectivity index (χ0v) is 19.9. The average Bonchev–Trinajstić information content (AvgIpc) is 2.60. The van der Waals surface area contributed by atoms with Crippen LogP contribution in [-0.4, -0.2) is 52.8 Å². The van der Waals surface area contributed by atoms with Crippen LogP contribution in [-0.2, 0) is 26.5 Å². The van der Waals surface area contributed by atoms with Crippen molar-refractivity contribution in [1.29, 1.82) is 0 Å². The summed E-state index contributed by atoms with van der Waals surface area (Å²) in [5.41, 5.74) is 0.0648. The third-order valence-electron chi connectivity index (χ3n) is 2.40.